The van der Waals surface area contributed by atoms with Crippen LogP contribution in [0.25, 0.3) is 0 Å². The number of furan rings is 1. The minimum absolute atomic E-state index is 0.910. The van der Waals surface area contributed by atoms with E-state index in [4.69, 9.17) is 4.42 Å². The van der Waals surface area contributed by atoms with Crippen molar-refractivity contribution in [1.29, 1.82) is 0 Å². The number of hydrogen-bond acceptors (Lipinski definition) is 3. The van der Waals surface area contributed by atoms with Gasteiger partial charge in [0.15, 0.2) is 0 Å². The van der Waals surface area contributed by atoms with Crippen molar-refractivity contribution < 1.29 is 4.42 Å². The summed E-state index contributed by atoms with van der Waals surface area (Å²) < 4.78 is 5.04. The molecule has 3 heteroatoms. The molecule has 0 aliphatic heterocycles. The van der Waals surface area contributed by atoms with E-state index in [0.29, 0.717) is 0 Å². The van der Waals surface area contributed by atoms with E-state index in [2.05, 4.69) is 17.3 Å². The third-order valence-electron chi connectivity index (χ3n) is 3.87. The van der Waals surface area contributed by atoms with Gasteiger partial charge in [-0.15, -0.1) is 0 Å². The third kappa shape index (κ3) is 4.83. The van der Waals surface area contributed by atoms with Gasteiger partial charge < -0.3 is 14.6 Å². The van der Waals surface area contributed by atoms with E-state index >= 15 is 0 Å². The predicted octanol–water partition coefficient (Wildman–Crippen LogP) is 2.88. The fraction of sp³-hybridized carbons (Fsp3) is 0.733. The summed E-state index contributed by atoms with van der Waals surface area (Å²) in [5.74, 6) is 0.942. The molecule has 0 bridgehead atoms. The molecule has 0 spiro atoms. The lowest BCUT2D eigenvalue weighted by molar-refractivity contribution is 0.233. The minimum atomic E-state index is 0.910. The van der Waals surface area contributed by atoms with Crippen LogP contribution >= 0.6 is 0 Å². The Morgan fingerprint density at radius 3 is 2.89 bits per heavy atom. The highest BCUT2D eigenvalue weighted by Gasteiger charge is 2.14. The molecule has 18 heavy (non-hydrogen) atoms. The zero-order valence-corrected chi connectivity index (χ0v) is 11.5. The molecule has 1 aliphatic carbocycles. The average Bonchev–Trinajstić information content (AvgIpc) is 2.89. The predicted molar refractivity (Wildman–Crippen MR) is 74.5 cm³/mol. The first-order chi connectivity index (χ1) is 8.84. The van der Waals surface area contributed by atoms with Gasteiger partial charge >= 0.3 is 0 Å². The average molecular weight is 250 g/mol. The summed E-state index contributed by atoms with van der Waals surface area (Å²) in [4.78, 5) is 2.47. The van der Waals surface area contributed by atoms with Crippen LogP contribution in [0.1, 0.15) is 37.7 Å². The van der Waals surface area contributed by atoms with Crippen molar-refractivity contribution in [2.24, 2.45) is 5.92 Å². The second-order valence-corrected chi connectivity index (χ2v) is 5.57. The van der Waals surface area contributed by atoms with Crippen LogP contribution in [-0.2, 0) is 6.54 Å². The third-order valence-corrected chi connectivity index (χ3v) is 3.87. The highest BCUT2D eigenvalue weighted by atomic mass is 16.3. The molecule has 1 N–H and O–H groups in total. The lowest BCUT2D eigenvalue weighted by Gasteiger charge is -2.27. The van der Waals surface area contributed by atoms with Crippen LogP contribution in [0.15, 0.2) is 23.0 Å². The highest BCUT2D eigenvalue weighted by Crippen LogP contribution is 2.23. The van der Waals surface area contributed by atoms with E-state index < -0.39 is 0 Å². The number of nitrogens with zero attached hydrogens (tertiary/aromatic N) is 1. The molecule has 1 heterocycles. The zero-order valence-electron chi connectivity index (χ0n) is 11.5. The Bertz CT molecular complexity index is 304. The Morgan fingerprint density at radius 1 is 1.33 bits per heavy atom. The topological polar surface area (TPSA) is 28.4 Å². The van der Waals surface area contributed by atoms with Gasteiger partial charge in [0.25, 0.3) is 0 Å². The van der Waals surface area contributed by atoms with Crippen LogP contribution in [0.5, 0.6) is 0 Å². The molecule has 1 fully saturated rings. The largest absolute Gasteiger partial charge is 0.472 e. The molecular formula is C15H26N2O. The van der Waals surface area contributed by atoms with E-state index in [1.54, 1.807) is 12.5 Å². The van der Waals surface area contributed by atoms with Gasteiger partial charge in [0.1, 0.15) is 0 Å². The quantitative estimate of drug-likeness (QED) is 0.754. The molecule has 0 saturated heterocycles. The van der Waals surface area contributed by atoms with E-state index in [9.17, 15) is 0 Å². The maximum absolute atomic E-state index is 5.04. The number of rotatable bonds is 7. The molecule has 0 atom stereocenters. The van der Waals surface area contributed by atoms with E-state index in [1.165, 1.54) is 44.2 Å². The van der Waals surface area contributed by atoms with Crippen LogP contribution in [0.2, 0.25) is 0 Å². The molecule has 1 aromatic heterocycles. The lowest BCUT2D eigenvalue weighted by Crippen LogP contribution is -2.33. The summed E-state index contributed by atoms with van der Waals surface area (Å²) in [5, 5.41) is 3.45. The molecule has 0 unspecified atom stereocenters. The standard InChI is InChI=1S/C15H26N2O/c1-17(12-14-5-3-2-4-6-14)9-8-16-11-15-7-10-18-13-15/h7,10,13-14,16H,2-6,8-9,11-12H2,1H3. The second-order valence-electron chi connectivity index (χ2n) is 5.57. The van der Waals surface area contributed by atoms with Crippen molar-refractivity contribution in [2.75, 3.05) is 26.7 Å². The van der Waals surface area contributed by atoms with Gasteiger partial charge in [-0.05, 0) is 31.9 Å². The summed E-state index contributed by atoms with van der Waals surface area (Å²) in [6, 6.07) is 2.01. The molecule has 0 aromatic carbocycles. The maximum atomic E-state index is 5.04. The molecule has 0 amide bonds. The van der Waals surface area contributed by atoms with E-state index in [1.807, 2.05) is 6.07 Å². The van der Waals surface area contributed by atoms with Gasteiger partial charge in [-0.2, -0.15) is 0 Å². The molecule has 1 aliphatic rings. The summed E-state index contributed by atoms with van der Waals surface area (Å²) in [6.45, 7) is 4.36. The van der Waals surface area contributed by atoms with Crippen molar-refractivity contribution in [2.45, 2.75) is 38.6 Å². The first-order valence-corrected chi connectivity index (χ1v) is 7.25. The SMILES string of the molecule is CN(CCNCc1ccoc1)CC1CCCCC1. The fourth-order valence-corrected chi connectivity index (χ4v) is 2.80. The van der Waals surface area contributed by atoms with Crippen molar-refractivity contribution in [3.63, 3.8) is 0 Å². The van der Waals surface area contributed by atoms with Crippen molar-refractivity contribution in [3.8, 4) is 0 Å². The Hall–Kier alpha value is -0.800. The van der Waals surface area contributed by atoms with Gasteiger partial charge in [-0.3, -0.25) is 0 Å². The minimum Gasteiger partial charge on any atom is -0.472 e. The maximum Gasteiger partial charge on any atom is 0.0947 e. The smallest absolute Gasteiger partial charge is 0.0947 e. The lowest BCUT2D eigenvalue weighted by atomic mass is 9.89. The number of likely N-dealkylation sites (N-methyl/N-ethyl adjacent to an activating group) is 1. The molecule has 2 rings (SSSR count). The van der Waals surface area contributed by atoms with Gasteiger partial charge in [0.2, 0.25) is 0 Å². The zero-order chi connectivity index (χ0) is 12.6. The van der Waals surface area contributed by atoms with Crippen LogP contribution < -0.4 is 5.32 Å². The summed E-state index contributed by atoms with van der Waals surface area (Å²) in [7, 11) is 2.24. The Balaban J connectivity index is 1.52. The molecule has 0 radical (unpaired) electrons. The highest BCUT2D eigenvalue weighted by molar-refractivity contribution is 5.04. The van der Waals surface area contributed by atoms with Crippen molar-refractivity contribution in [1.82, 2.24) is 10.2 Å². The molecule has 102 valence electrons. The van der Waals surface area contributed by atoms with Crippen LogP contribution in [0, 0.1) is 5.92 Å². The first kappa shape index (κ1) is 13.6. The van der Waals surface area contributed by atoms with Crippen LogP contribution in [0.4, 0.5) is 0 Å². The molecule has 3 nitrogen and oxygen atoms in total. The first-order valence-electron chi connectivity index (χ1n) is 7.25. The monoisotopic (exact) mass is 250 g/mol. The van der Waals surface area contributed by atoms with Gasteiger partial charge in [-0.25, -0.2) is 0 Å². The number of nitrogens with one attached hydrogen (secondary N) is 1. The molecular weight excluding hydrogens is 224 g/mol. The van der Waals surface area contributed by atoms with Gasteiger partial charge in [0.05, 0.1) is 12.5 Å². The van der Waals surface area contributed by atoms with E-state index in [-0.39, 0.29) is 0 Å². The van der Waals surface area contributed by atoms with Crippen LogP contribution in [-0.4, -0.2) is 31.6 Å². The van der Waals surface area contributed by atoms with E-state index in [0.717, 1.165) is 25.6 Å². The summed E-state index contributed by atoms with van der Waals surface area (Å²) in [5.41, 5.74) is 1.23. The van der Waals surface area contributed by atoms with Crippen molar-refractivity contribution in [3.05, 3.63) is 24.2 Å². The fourth-order valence-electron chi connectivity index (χ4n) is 2.80. The van der Waals surface area contributed by atoms with Crippen LogP contribution in [0.3, 0.4) is 0 Å². The Kier molecular flexibility index (Phi) is 5.75. The number of hydrogen-bond donors (Lipinski definition) is 1. The van der Waals surface area contributed by atoms with Crippen molar-refractivity contribution >= 4 is 0 Å². The van der Waals surface area contributed by atoms with Gasteiger partial charge in [0, 0.05) is 31.7 Å². The Morgan fingerprint density at radius 2 is 2.17 bits per heavy atom. The normalized spacial score (nSPS) is 17.4. The summed E-state index contributed by atoms with van der Waals surface area (Å²) >= 11 is 0. The Labute approximate surface area is 111 Å². The second kappa shape index (κ2) is 7.59. The summed E-state index contributed by atoms with van der Waals surface area (Å²) in [6.07, 6.45) is 10.7. The molecule has 1 aromatic rings. The molecule has 1 saturated carbocycles. The van der Waals surface area contributed by atoms with Gasteiger partial charge in [-0.1, -0.05) is 19.3 Å².